The Morgan fingerprint density at radius 1 is 1.58 bits per heavy atom. The predicted octanol–water partition coefficient (Wildman–Crippen LogP) is 0.411. The molecule has 2 heterocycles. The summed E-state index contributed by atoms with van der Waals surface area (Å²) in [5.74, 6) is 6.59. The van der Waals surface area contributed by atoms with Crippen molar-refractivity contribution in [2.24, 2.45) is 5.84 Å². The highest BCUT2D eigenvalue weighted by atomic mass is 15.4. The van der Waals surface area contributed by atoms with Crippen LogP contribution in [0.5, 0.6) is 0 Å². The lowest BCUT2D eigenvalue weighted by Gasteiger charge is -2.24. The standard InChI is InChI=1S/C8H12N4/c1-6-5-10-7-3-2-4-12(9)8(7)11-6/h5H,2-4,9H2,1H3. The van der Waals surface area contributed by atoms with Crippen LogP contribution in [0.15, 0.2) is 6.20 Å². The molecule has 0 radical (unpaired) electrons. The van der Waals surface area contributed by atoms with Crippen molar-refractivity contribution < 1.29 is 0 Å². The fraction of sp³-hybridized carbons (Fsp3) is 0.500. The number of hydrogen-bond acceptors (Lipinski definition) is 4. The second kappa shape index (κ2) is 2.71. The molecule has 0 saturated heterocycles. The molecule has 1 aromatic heterocycles. The molecule has 4 nitrogen and oxygen atoms in total. The summed E-state index contributed by atoms with van der Waals surface area (Å²) in [4.78, 5) is 8.62. The molecule has 0 fully saturated rings. The van der Waals surface area contributed by atoms with Crippen LogP contribution in [0.3, 0.4) is 0 Å². The minimum atomic E-state index is 0.848. The lowest BCUT2D eigenvalue weighted by molar-refractivity contribution is 0.680. The maximum Gasteiger partial charge on any atom is 0.164 e. The van der Waals surface area contributed by atoms with Crippen LogP contribution in [0.2, 0.25) is 0 Å². The van der Waals surface area contributed by atoms with Gasteiger partial charge in [-0.1, -0.05) is 0 Å². The zero-order valence-electron chi connectivity index (χ0n) is 7.12. The SMILES string of the molecule is Cc1cnc2c(n1)N(N)CCC2. The van der Waals surface area contributed by atoms with Gasteiger partial charge in [-0.3, -0.25) is 9.99 Å². The van der Waals surface area contributed by atoms with Crippen molar-refractivity contribution in [3.63, 3.8) is 0 Å². The number of aromatic nitrogens is 2. The summed E-state index contributed by atoms with van der Waals surface area (Å²) in [6.07, 6.45) is 3.86. The zero-order chi connectivity index (χ0) is 8.55. The molecule has 0 aliphatic carbocycles. The third-order valence-corrected chi connectivity index (χ3v) is 2.03. The van der Waals surface area contributed by atoms with Crippen LogP contribution in [0.4, 0.5) is 5.82 Å². The number of nitrogens with zero attached hydrogens (tertiary/aromatic N) is 3. The van der Waals surface area contributed by atoms with Crippen molar-refractivity contribution >= 4 is 5.82 Å². The molecule has 0 amide bonds. The average molecular weight is 164 g/mol. The van der Waals surface area contributed by atoms with Crippen molar-refractivity contribution in [3.8, 4) is 0 Å². The Hall–Kier alpha value is -1.16. The normalized spacial score (nSPS) is 16.0. The van der Waals surface area contributed by atoms with Crippen molar-refractivity contribution in [2.75, 3.05) is 11.6 Å². The van der Waals surface area contributed by atoms with Crippen LogP contribution in [-0.4, -0.2) is 16.5 Å². The third kappa shape index (κ3) is 1.14. The Balaban J connectivity index is 2.47. The van der Waals surface area contributed by atoms with E-state index >= 15 is 0 Å². The van der Waals surface area contributed by atoms with Gasteiger partial charge in [0.25, 0.3) is 0 Å². The lowest BCUT2D eigenvalue weighted by atomic mass is 10.1. The smallest absolute Gasteiger partial charge is 0.164 e. The van der Waals surface area contributed by atoms with Gasteiger partial charge in [-0.2, -0.15) is 0 Å². The molecule has 0 saturated carbocycles. The van der Waals surface area contributed by atoms with E-state index in [1.807, 2.05) is 6.92 Å². The second-order valence-electron chi connectivity index (χ2n) is 3.08. The molecule has 1 aliphatic rings. The summed E-state index contributed by atoms with van der Waals surface area (Å²) in [7, 11) is 0. The number of hydrogen-bond donors (Lipinski definition) is 1. The molecule has 64 valence electrons. The molecule has 0 spiro atoms. The first-order chi connectivity index (χ1) is 5.77. The van der Waals surface area contributed by atoms with Crippen LogP contribution < -0.4 is 10.9 Å². The fourth-order valence-corrected chi connectivity index (χ4v) is 1.42. The number of rotatable bonds is 0. The molecule has 0 bridgehead atoms. The molecule has 0 unspecified atom stereocenters. The van der Waals surface area contributed by atoms with E-state index in [4.69, 9.17) is 5.84 Å². The predicted molar refractivity (Wildman–Crippen MR) is 46.6 cm³/mol. The second-order valence-corrected chi connectivity index (χ2v) is 3.08. The highest BCUT2D eigenvalue weighted by Crippen LogP contribution is 2.19. The number of aryl methyl sites for hydroxylation is 2. The highest BCUT2D eigenvalue weighted by molar-refractivity contribution is 5.44. The van der Waals surface area contributed by atoms with E-state index in [0.29, 0.717) is 0 Å². The van der Waals surface area contributed by atoms with Crippen molar-refractivity contribution in [2.45, 2.75) is 19.8 Å². The van der Waals surface area contributed by atoms with E-state index in [2.05, 4.69) is 9.97 Å². The van der Waals surface area contributed by atoms with Gasteiger partial charge >= 0.3 is 0 Å². The maximum atomic E-state index is 5.75. The molecule has 0 aromatic carbocycles. The largest absolute Gasteiger partial charge is 0.293 e. The maximum absolute atomic E-state index is 5.75. The van der Waals surface area contributed by atoms with Crippen LogP contribution in [0, 0.1) is 6.92 Å². The summed E-state index contributed by atoms with van der Waals surface area (Å²) < 4.78 is 0. The molecule has 4 heteroatoms. The van der Waals surface area contributed by atoms with Crippen molar-refractivity contribution in [3.05, 3.63) is 17.6 Å². The Labute approximate surface area is 71.4 Å². The molecule has 0 atom stereocenters. The summed E-state index contributed by atoms with van der Waals surface area (Å²) in [6.45, 7) is 2.81. The van der Waals surface area contributed by atoms with E-state index in [1.165, 1.54) is 0 Å². The summed E-state index contributed by atoms with van der Waals surface area (Å²) >= 11 is 0. The molecule has 12 heavy (non-hydrogen) atoms. The summed E-state index contributed by atoms with van der Waals surface area (Å²) in [6, 6.07) is 0. The van der Waals surface area contributed by atoms with E-state index < -0.39 is 0 Å². The molecule has 1 aromatic rings. The van der Waals surface area contributed by atoms with Gasteiger partial charge in [0.05, 0.1) is 11.4 Å². The number of hydrazine groups is 1. The van der Waals surface area contributed by atoms with E-state index in [1.54, 1.807) is 11.2 Å². The van der Waals surface area contributed by atoms with Gasteiger partial charge < -0.3 is 0 Å². The van der Waals surface area contributed by atoms with Gasteiger partial charge in [0.2, 0.25) is 0 Å². The summed E-state index contributed by atoms with van der Waals surface area (Å²) in [5.41, 5.74) is 1.94. The summed E-state index contributed by atoms with van der Waals surface area (Å²) in [5, 5.41) is 1.68. The number of nitrogens with two attached hydrogens (primary N) is 1. The lowest BCUT2D eigenvalue weighted by Crippen LogP contribution is -2.37. The molecule has 1 aliphatic heterocycles. The van der Waals surface area contributed by atoms with Crippen LogP contribution in [0.1, 0.15) is 17.8 Å². The fourth-order valence-electron chi connectivity index (χ4n) is 1.42. The molecular formula is C8H12N4. The van der Waals surface area contributed by atoms with E-state index in [-0.39, 0.29) is 0 Å². The third-order valence-electron chi connectivity index (χ3n) is 2.03. The molecular weight excluding hydrogens is 152 g/mol. The Morgan fingerprint density at radius 2 is 2.42 bits per heavy atom. The van der Waals surface area contributed by atoms with E-state index in [9.17, 15) is 0 Å². The number of anilines is 1. The van der Waals surface area contributed by atoms with Crippen molar-refractivity contribution in [1.82, 2.24) is 9.97 Å². The van der Waals surface area contributed by atoms with Crippen LogP contribution in [-0.2, 0) is 6.42 Å². The highest BCUT2D eigenvalue weighted by Gasteiger charge is 2.16. The van der Waals surface area contributed by atoms with Crippen LogP contribution in [0.25, 0.3) is 0 Å². The van der Waals surface area contributed by atoms with Gasteiger partial charge in [-0.25, -0.2) is 10.8 Å². The van der Waals surface area contributed by atoms with Gasteiger partial charge in [0.15, 0.2) is 5.82 Å². The Kier molecular flexibility index (Phi) is 1.69. The average Bonchev–Trinajstić information content (AvgIpc) is 2.07. The first-order valence-electron chi connectivity index (χ1n) is 4.12. The van der Waals surface area contributed by atoms with Gasteiger partial charge in [-0.05, 0) is 19.8 Å². The molecule has 2 N–H and O–H groups in total. The van der Waals surface area contributed by atoms with Gasteiger partial charge in [0.1, 0.15) is 0 Å². The van der Waals surface area contributed by atoms with Crippen LogP contribution >= 0.6 is 0 Å². The van der Waals surface area contributed by atoms with Crippen molar-refractivity contribution in [1.29, 1.82) is 0 Å². The molecule has 2 rings (SSSR count). The van der Waals surface area contributed by atoms with Gasteiger partial charge in [0, 0.05) is 12.7 Å². The monoisotopic (exact) mass is 164 g/mol. The minimum absolute atomic E-state index is 0.848. The first-order valence-corrected chi connectivity index (χ1v) is 4.12. The quantitative estimate of drug-likeness (QED) is 0.564. The van der Waals surface area contributed by atoms with Gasteiger partial charge in [-0.15, -0.1) is 0 Å². The minimum Gasteiger partial charge on any atom is -0.293 e. The first kappa shape index (κ1) is 7.49. The Morgan fingerprint density at radius 3 is 3.25 bits per heavy atom. The zero-order valence-corrected chi connectivity index (χ0v) is 7.12. The van der Waals surface area contributed by atoms with E-state index in [0.717, 1.165) is 36.6 Å². The Bertz CT molecular complexity index is 297. The topological polar surface area (TPSA) is 55.0 Å². The number of fused-ring (bicyclic) bond motifs is 1.